The highest BCUT2D eigenvalue weighted by atomic mass is 31.2. The highest BCUT2D eigenvalue weighted by Crippen LogP contribution is 2.43. The topological polar surface area (TPSA) is 111 Å². The average Bonchev–Trinajstić information content (AvgIpc) is 3.38. The minimum atomic E-state index is -4.46. The first-order valence-corrected chi connectivity index (χ1v) is 33.3. The number of quaternary nitrogens is 1. The molecule has 2 N–H and O–H groups in total. The Morgan fingerprint density at radius 1 is 0.474 bits per heavy atom. The lowest BCUT2D eigenvalue weighted by atomic mass is 10.0. The summed E-state index contributed by atoms with van der Waals surface area (Å²) in [7, 11) is 1.48. The summed E-state index contributed by atoms with van der Waals surface area (Å²) in [4.78, 5) is 37.7. The average molecular weight is 1090 g/mol. The summed E-state index contributed by atoms with van der Waals surface area (Å²) in [6.07, 6.45) is 71.9. The fourth-order valence-corrected chi connectivity index (χ4v) is 9.72. The van der Waals surface area contributed by atoms with E-state index in [-0.39, 0.29) is 31.5 Å². The van der Waals surface area contributed by atoms with Gasteiger partial charge in [0.15, 0.2) is 0 Å². The number of rotatable bonds is 57. The van der Waals surface area contributed by atoms with Crippen LogP contribution in [0, 0.1) is 0 Å². The summed E-state index contributed by atoms with van der Waals surface area (Å²) in [5, 5.41) is 3.06. The molecule has 3 atom stereocenters. The van der Waals surface area contributed by atoms with Gasteiger partial charge in [-0.05, 0) is 96.0 Å². The van der Waals surface area contributed by atoms with Crippen LogP contribution in [0.5, 0.6) is 0 Å². The molecule has 1 amide bonds. The molecule has 0 aromatic carbocycles. The van der Waals surface area contributed by atoms with E-state index in [0.717, 1.165) is 89.9 Å². The van der Waals surface area contributed by atoms with Crippen molar-refractivity contribution in [3.8, 4) is 0 Å². The van der Waals surface area contributed by atoms with Crippen LogP contribution in [0.4, 0.5) is 0 Å². The van der Waals surface area contributed by atoms with E-state index < -0.39 is 20.0 Å². The van der Waals surface area contributed by atoms with Crippen molar-refractivity contribution in [1.82, 2.24) is 5.32 Å². The second-order valence-corrected chi connectivity index (χ2v) is 24.0. The van der Waals surface area contributed by atoms with Crippen molar-refractivity contribution >= 4 is 19.7 Å². The molecule has 0 heterocycles. The number of unbranched alkanes of at least 4 members (excludes halogenated alkanes) is 31. The maximum absolute atomic E-state index is 13.6. The zero-order chi connectivity index (χ0) is 55.7. The summed E-state index contributed by atoms with van der Waals surface area (Å²) in [5.41, 5.74) is 0. The molecule has 0 aliphatic carbocycles. The number of nitrogens with one attached hydrogen (secondary N) is 1. The molecule has 0 bridgehead atoms. The third-order valence-corrected chi connectivity index (χ3v) is 14.9. The predicted molar refractivity (Wildman–Crippen MR) is 328 cm³/mol. The van der Waals surface area contributed by atoms with E-state index in [1.54, 1.807) is 0 Å². The number of phosphoric ester groups is 1. The van der Waals surface area contributed by atoms with Crippen LogP contribution in [0.25, 0.3) is 0 Å². The van der Waals surface area contributed by atoms with Crippen LogP contribution < -0.4 is 5.32 Å². The van der Waals surface area contributed by atoms with Gasteiger partial charge >= 0.3 is 13.8 Å². The summed E-state index contributed by atoms with van der Waals surface area (Å²) >= 11 is 0. The Hall–Kier alpha value is -2.55. The highest BCUT2D eigenvalue weighted by Gasteiger charge is 2.30. The Morgan fingerprint density at radius 2 is 0.842 bits per heavy atom. The lowest BCUT2D eigenvalue weighted by Crippen LogP contribution is -2.47. The molecule has 0 saturated heterocycles. The van der Waals surface area contributed by atoms with E-state index in [0.29, 0.717) is 23.9 Å². The second kappa shape index (κ2) is 55.8. The second-order valence-electron chi connectivity index (χ2n) is 22.5. The first-order chi connectivity index (χ1) is 36.9. The number of ether oxygens (including phenoxy) is 1. The molecule has 0 aromatic rings. The van der Waals surface area contributed by atoms with Gasteiger partial charge in [0, 0.05) is 12.8 Å². The number of amides is 1. The van der Waals surface area contributed by atoms with Crippen molar-refractivity contribution in [1.29, 1.82) is 0 Å². The Balaban J connectivity index is 5.20. The number of likely N-dealkylation sites (N-methyl/N-ethyl adjacent to an activating group) is 1. The minimum absolute atomic E-state index is 0.0347. The first-order valence-electron chi connectivity index (χ1n) is 31.8. The van der Waals surface area contributed by atoms with E-state index in [1.165, 1.54) is 154 Å². The molecule has 10 heteroatoms. The monoisotopic (exact) mass is 1090 g/mol. The normalized spacial score (nSPS) is 14.1. The number of phosphoric acid groups is 1. The lowest BCUT2D eigenvalue weighted by molar-refractivity contribution is -0.870. The zero-order valence-corrected chi connectivity index (χ0v) is 51.4. The third kappa shape index (κ3) is 56.2. The van der Waals surface area contributed by atoms with Crippen LogP contribution >= 0.6 is 7.82 Å². The summed E-state index contributed by atoms with van der Waals surface area (Å²) in [5.74, 6) is -0.528. The van der Waals surface area contributed by atoms with Crippen LogP contribution in [-0.2, 0) is 27.9 Å². The van der Waals surface area contributed by atoms with Gasteiger partial charge in [0.1, 0.15) is 19.3 Å². The molecule has 0 saturated carbocycles. The summed E-state index contributed by atoms with van der Waals surface area (Å²) < 4.78 is 30.7. The molecule has 76 heavy (non-hydrogen) atoms. The maximum Gasteiger partial charge on any atom is 0.472 e. The lowest BCUT2D eigenvalue weighted by Gasteiger charge is -2.27. The van der Waals surface area contributed by atoms with Gasteiger partial charge in [0.25, 0.3) is 0 Å². The van der Waals surface area contributed by atoms with Gasteiger partial charge < -0.3 is 19.4 Å². The molecule has 0 fully saturated rings. The third-order valence-electron chi connectivity index (χ3n) is 13.9. The van der Waals surface area contributed by atoms with E-state index in [1.807, 2.05) is 33.3 Å². The molecule has 0 rings (SSSR count). The van der Waals surface area contributed by atoms with Crippen molar-refractivity contribution in [2.75, 3.05) is 40.9 Å². The standard InChI is InChI=1S/C66H121N2O7P/c1-7-10-13-16-19-22-25-28-30-31-32-33-34-35-36-37-38-40-43-46-49-52-55-58-65(69)67-63(62-74-76(71,72)73-61-60-68(4,5)6)64(57-54-51-48-45-42-39-27-24-21-18-15-12-9-3)75-66(70)59-56-53-50-47-44-41-29-26-23-20-17-14-11-8-2/h11,14,19-20,22-23,28-30,41,54,57,63-64H,7-10,12-13,15-18,21,24-27,31-40,42-53,55-56,58-62H2,1-6H3,(H-,67,69,71,72)/p+1/b14-11+,22-19-,23-20+,30-28-,41-29+,57-54-. The predicted octanol–water partition coefficient (Wildman–Crippen LogP) is 19.6. The molecule has 0 spiro atoms. The number of carbonyl (C=O) groups is 2. The van der Waals surface area contributed by atoms with Gasteiger partial charge in [0.05, 0.1) is 33.8 Å². The maximum atomic E-state index is 13.6. The molecule has 442 valence electrons. The van der Waals surface area contributed by atoms with Gasteiger partial charge in [0.2, 0.25) is 5.91 Å². The number of carbonyl (C=O) groups excluding carboxylic acids is 2. The number of hydrogen-bond donors (Lipinski definition) is 2. The fourth-order valence-electron chi connectivity index (χ4n) is 8.99. The molecule has 0 aliphatic heterocycles. The van der Waals surface area contributed by atoms with Crippen LogP contribution in [0.1, 0.15) is 284 Å². The molecule has 0 aromatic heterocycles. The molecular formula is C66H122N2O7P+. The quantitative estimate of drug-likeness (QED) is 0.0205. The smallest absolute Gasteiger partial charge is 0.456 e. The van der Waals surface area contributed by atoms with Crippen molar-refractivity contribution < 1.29 is 37.3 Å². The molecule has 0 radical (unpaired) electrons. The van der Waals surface area contributed by atoms with Crippen molar-refractivity contribution in [2.45, 2.75) is 296 Å². The zero-order valence-electron chi connectivity index (χ0n) is 50.5. The van der Waals surface area contributed by atoms with Crippen molar-refractivity contribution in [3.05, 3.63) is 72.9 Å². The Kier molecular flexibility index (Phi) is 53.9. The summed E-state index contributed by atoms with van der Waals surface area (Å²) in [6, 6.07) is -0.860. The Morgan fingerprint density at radius 3 is 1.29 bits per heavy atom. The Bertz CT molecular complexity index is 1530. The minimum Gasteiger partial charge on any atom is -0.456 e. The molecule has 9 nitrogen and oxygen atoms in total. The van der Waals surface area contributed by atoms with Crippen LogP contribution in [0.3, 0.4) is 0 Å². The number of allylic oxidation sites excluding steroid dienone is 11. The van der Waals surface area contributed by atoms with Gasteiger partial charge in [-0.25, -0.2) is 4.57 Å². The van der Waals surface area contributed by atoms with E-state index in [2.05, 4.69) is 86.8 Å². The van der Waals surface area contributed by atoms with Gasteiger partial charge in [-0.15, -0.1) is 0 Å². The summed E-state index contributed by atoms with van der Waals surface area (Å²) in [6.45, 7) is 6.88. The van der Waals surface area contributed by atoms with E-state index in [4.69, 9.17) is 13.8 Å². The first kappa shape index (κ1) is 73.5. The van der Waals surface area contributed by atoms with Crippen LogP contribution in [-0.4, -0.2) is 74.3 Å². The fraction of sp³-hybridized carbons (Fsp3) is 0.788. The van der Waals surface area contributed by atoms with Gasteiger partial charge in [-0.2, -0.15) is 0 Å². The SMILES string of the molecule is CC/C=C/C/C=C/C/C=C/CCCCCCC(=O)OC(/C=C\CCCCCCCCCCCCC)C(COP(=O)(O)OCC[N+](C)(C)C)NC(=O)CCCCCCCCCCCCCCC/C=C\C/C=C\CCCCC. The number of hydrogen-bond acceptors (Lipinski definition) is 6. The van der Waals surface area contributed by atoms with Gasteiger partial charge in [-0.1, -0.05) is 248 Å². The van der Waals surface area contributed by atoms with Crippen LogP contribution in [0.2, 0.25) is 0 Å². The van der Waals surface area contributed by atoms with E-state index >= 15 is 0 Å². The van der Waals surface area contributed by atoms with Crippen molar-refractivity contribution in [3.63, 3.8) is 0 Å². The Labute approximate surface area is 470 Å². The van der Waals surface area contributed by atoms with Crippen molar-refractivity contribution in [2.24, 2.45) is 0 Å². The van der Waals surface area contributed by atoms with E-state index in [9.17, 15) is 19.0 Å². The highest BCUT2D eigenvalue weighted by molar-refractivity contribution is 7.47. The van der Waals surface area contributed by atoms with Crippen LogP contribution in [0.15, 0.2) is 72.9 Å². The largest absolute Gasteiger partial charge is 0.472 e. The molecule has 0 aliphatic rings. The van der Waals surface area contributed by atoms with Gasteiger partial charge in [-0.3, -0.25) is 18.6 Å². The number of esters is 1. The molecule has 3 unspecified atom stereocenters. The molecular weight excluding hydrogens is 964 g/mol. The number of nitrogens with zero attached hydrogens (tertiary/aromatic N) is 1.